The normalized spacial score (nSPS) is 16.9. The Kier molecular flexibility index (Phi) is 7.08. The molecule has 1 fully saturated rings. The lowest BCUT2D eigenvalue weighted by molar-refractivity contribution is -0.132. The fraction of sp³-hybridized carbons (Fsp3) is 0.360. The number of anilines is 1. The van der Waals surface area contributed by atoms with E-state index in [9.17, 15) is 19.5 Å². The Labute approximate surface area is 212 Å². The third kappa shape index (κ3) is 5.84. The highest BCUT2D eigenvalue weighted by molar-refractivity contribution is 6.02. The Morgan fingerprint density at radius 1 is 1.19 bits per heavy atom. The number of rotatable bonds is 9. The predicted molar refractivity (Wildman–Crippen MR) is 133 cm³/mol. The van der Waals surface area contributed by atoms with Crippen LogP contribution in [0.3, 0.4) is 0 Å². The van der Waals surface area contributed by atoms with Crippen molar-refractivity contribution < 1.29 is 24.6 Å². The van der Waals surface area contributed by atoms with Gasteiger partial charge in [-0.3, -0.25) is 14.6 Å². The molecule has 4 rings (SSSR count). The summed E-state index contributed by atoms with van der Waals surface area (Å²) in [5.74, 6) is -0.876. The molecule has 37 heavy (non-hydrogen) atoms. The predicted octanol–water partition coefficient (Wildman–Crippen LogP) is 1.80. The van der Waals surface area contributed by atoms with Gasteiger partial charge in [0, 0.05) is 18.8 Å². The van der Waals surface area contributed by atoms with Crippen LogP contribution in [0.1, 0.15) is 42.6 Å². The number of ketones is 1. The molecule has 0 aliphatic heterocycles. The van der Waals surface area contributed by atoms with E-state index in [1.165, 1.54) is 26.2 Å². The van der Waals surface area contributed by atoms with Gasteiger partial charge in [0.05, 0.1) is 46.5 Å². The first-order valence-electron chi connectivity index (χ1n) is 11.7. The van der Waals surface area contributed by atoms with Crippen LogP contribution in [0.5, 0.6) is 0 Å². The number of hydrogen-bond acceptors (Lipinski definition) is 8. The number of aromatic nitrogens is 3. The molecule has 3 aromatic rings. The Morgan fingerprint density at radius 3 is 2.62 bits per heavy atom. The van der Waals surface area contributed by atoms with E-state index in [0.29, 0.717) is 47.5 Å². The zero-order chi connectivity index (χ0) is 26.7. The van der Waals surface area contributed by atoms with Crippen LogP contribution in [0.4, 0.5) is 10.5 Å². The van der Waals surface area contributed by atoms with E-state index in [0.717, 1.165) is 0 Å². The summed E-state index contributed by atoms with van der Waals surface area (Å²) in [4.78, 5) is 40.2. The second-order valence-corrected chi connectivity index (χ2v) is 9.56. The molecule has 0 radical (unpaired) electrons. The molecule has 12 nitrogen and oxygen atoms in total. The van der Waals surface area contributed by atoms with Gasteiger partial charge in [-0.2, -0.15) is 10.4 Å². The maximum Gasteiger partial charge on any atom is 0.404 e. The first-order valence-corrected chi connectivity index (χ1v) is 11.7. The van der Waals surface area contributed by atoms with Gasteiger partial charge in [0.2, 0.25) is 0 Å². The van der Waals surface area contributed by atoms with Crippen molar-refractivity contribution in [1.82, 2.24) is 25.2 Å². The quantitative estimate of drug-likeness (QED) is 0.289. The van der Waals surface area contributed by atoms with Gasteiger partial charge < -0.3 is 26.2 Å². The number of nitriles is 1. The molecule has 1 saturated carbocycles. The van der Waals surface area contributed by atoms with Crippen LogP contribution in [0, 0.1) is 17.2 Å². The number of nitrogens with one attached hydrogen (secondary N) is 3. The zero-order valence-corrected chi connectivity index (χ0v) is 20.4. The standard InChI is InChI=1S/C25H27N7O5/c1-25(2,37)22(33)13-28-23(34)18-12-27-20(21-4-3-17-7-15(9-26)11-30-32(17)21)8-19(18)31-16-5-14(6-16)10-29-24(35)36/h3-4,7-8,11-12,14,16,29,37H,5-6,10,13H2,1-2H3,(H,27,31)(H,28,34)(H,35,36). The molecule has 12 heteroatoms. The minimum absolute atomic E-state index is 0.0146. The second kappa shape index (κ2) is 10.2. The van der Waals surface area contributed by atoms with Crippen LogP contribution in [0.2, 0.25) is 0 Å². The first kappa shape index (κ1) is 25.6. The average Bonchev–Trinajstić information content (AvgIpc) is 3.25. The Balaban J connectivity index is 1.59. The van der Waals surface area contributed by atoms with E-state index in [2.05, 4.69) is 32.1 Å². The zero-order valence-electron chi connectivity index (χ0n) is 20.4. The summed E-state index contributed by atoms with van der Waals surface area (Å²) >= 11 is 0. The van der Waals surface area contributed by atoms with Crippen LogP contribution in [-0.2, 0) is 4.79 Å². The Morgan fingerprint density at radius 2 is 1.95 bits per heavy atom. The largest absolute Gasteiger partial charge is 0.465 e. The van der Waals surface area contributed by atoms with E-state index in [-0.39, 0.29) is 24.1 Å². The lowest BCUT2D eigenvalue weighted by Gasteiger charge is -2.36. The topological polar surface area (TPSA) is 182 Å². The Hall–Kier alpha value is -4.50. The molecule has 1 aliphatic rings. The van der Waals surface area contributed by atoms with Crippen LogP contribution < -0.4 is 16.0 Å². The van der Waals surface area contributed by atoms with Crippen molar-refractivity contribution in [1.29, 1.82) is 5.26 Å². The molecule has 3 heterocycles. The summed E-state index contributed by atoms with van der Waals surface area (Å²) in [6.45, 7) is 2.72. The van der Waals surface area contributed by atoms with Crippen molar-refractivity contribution >= 4 is 29.0 Å². The van der Waals surface area contributed by atoms with Gasteiger partial charge in [0.1, 0.15) is 11.7 Å². The number of aliphatic hydroxyl groups is 1. The molecule has 3 aromatic heterocycles. The van der Waals surface area contributed by atoms with Crippen LogP contribution in [0.25, 0.3) is 16.9 Å². The van der Waals surface area contributed by atoms with Crippen molar-refractivity contribution in [2.24, 2.45) is 5.92 Å². The third-order valence-corrected chi connectivity index (χ3v) is 6.27. The molecule has 0 unspecified atom stereocenters. The van der Waals surface area contributed by atoms with Gasteiger partial charge in [-0.1, -0.05) is 0 Å². The van der Waals surface area contributed by atoms with E-state index in [1.807, 2.05) is 12.1 Å². The van der Waals surface area contributed by atoms with Gasteiger partial charge in [0.25, 0.3) is 5.91 Å². The molecule has 192 valence electrons. The number of amides is 2. The molecule has 0 bridgehead atoms. The number of carbonyl (C=O) groups is 3. The van der Waals surface area contributed by atoms with Crippen molar-refractivity contribution in [3.8, 4) is 17.5 Å². The summed E-state index contributed by atoms with van der Waals surface area (Å²) in [7, 11) is 0. The van der Waals surface area contributed by atoms with Crippen LogP contribution >= 0.6 is 0 Å². The van der Waals surface area contributed by atoms with Gasteiger partial charge in [0.15, 0.2) is 5.78 Å². The molecular weight excluding hydrogens is 478 g/mol. The summed E-state index contributed by atoms with van der Waals surface area (Å²) in [6.07, 6.45) is 3.22. The van der Waals surface area contributed by atoms with Gasteiger partial charge in [-0.15, -0.1) is 0 Å². The smallest absolute Gasteiger partial charge is 0.404 e. The molecule has 0 atom stereocenters. The highest BCUT2D eigenvalue weighted by Gasteiger charge is 2.31. The summed E-state index contributed by atoms with van der Waals surface area (Å²) in [5.41, 5.74) is 1.48. The highest BCUT2D eigenvalue weighted by Crippen LogP contribution is 2.32. The first-order chi connectivity index (χ1) is 17.5. The molecule has 0 spiro atoms. The Bertz CT molecular complexity index is 1400. The number of hydrogen-bond donors (Lipinski definition) is 5. The fourth-order valence-electron chi connectivity index (χ4n) is 4.09. The maximum absolute atomic E-state index is 13.0. The van der Waals surface area contributed by atoms with E-state index < -0.39 is 23.4 Å². The number of carboxylic acid groups (broad SMARTS) is 1. The van der Waals surface area contributed by atoms with Gasteiger partial charge in [-0.05, 0) is 56.9 Å². The van der Waals surface area contributed by atoms with Crippen molar-refractivity contribution in [2.45, 2.75) is 38.3 Å². The van der Waals surface area contributed by atoms with E-state index in [4.69, 9.17) is 10.4 Å². The summed E-state index contributed by atoms with van der Waals surface area (Å²) < 4.78 is 1.64. The number of pyridine rings is 1. The molecule has 2 amide bonds. The average molecular weight is 506 g/mol. The maximum atomic E-state index is 13.0. The molecule has 0 saturated heterocycles. The fourth-order valence-corrected chi connectivity index (χ4v) is 4.09. The molecule has 1 aliphatic carbocycles. The SMILES string of the molecule is CC(C)(O)C(=O)CNC(=O)c1cnc(-c2ccc3cc(C#N)cnn23)cc1NC1CC(CNC(=O)O)C1. The minimum Gasteiger partial charge on any atom is -0.465 e. The van der Waals surface area contributed by atoms with Gasteiger partial charge in [-0.25, -0.2) is 9.31 Å². The lowest BCUT2D eigenvalue weighted by Crippen LogP contribution is -2.42. The number of Topliss-reactive ketones (excluding diaryl/α,β-unsaturated/α-hetero) is 1. The van der Waals surface area contributed by atoms with Crippen LogP contribution in [0.15, 0.2) is 36.7 Å². The third-order valence-electron chi connectivity index (χ3n) is 6.27. The summed E-state index contributed by atoms with van der Waals surface area (Å²) in [5, 5.41) is 40.4. The van der Waals surface area contributed by atoms with Crippen molar-refractivity contribution in [2.75, 3.05) is 18.4 Å². The summed E-state index contributed by atoms with van der Waals surface area (Å²) in [6, 6.07) is 9.12. The van der Waals surface area contributed by atoms with Crippen molar-refractivity contribution in [3.05, 3.63) is 47.8 Å². The van der Waals surface area contributed by atoms with Gasteiger partial charge >= 0.3 is 6.09 Å². The number of fused-ring (bicyclic) bond motifs is 1. The number of nitrogens with zero attached hydrogens (tertiary/aromatic N) is 4. The number of carbonyl (C=O) groups excluding carboxylic acids is 2. The van der Waals surface area contributed by atoms with E-state index in [1.54, 1.807) is 16.6 Å². The molecular formula is C25H27N7O5. The monoisotopic (exact) mass is 505 g/mol. The van der Waals surface area contributed by atoms with Crippen molar-refractivity contribution in [3.63, 3.8) is 0 Å². The van der Waals surface area contributed by atoms with Crippen LogP contribution in [-0.4, -0.2) is 67.3 Å². The second-order valence-electron chi connectivity index (χ2n) is 9.56. The minimum atomic E-state index is -1.57. The lowest BCUT2D eigenvalue weighted by atomic mass is 9.80. The molecule has 5 N–H and O–H groups in total. The van der Waals surface area contributed by atoms with E-state index >= 15 is 0 Å². The highest BCUT2D eigenvalue weighted by atomic mass is 16.4. The molecule has 0 aromatic carbocycles.